The Hall–Kier alpha value is -2.63. The van der Waals surface area contributed by atoms with E-state index in [1.807, 2.05) is 24.3 Å². The van der Waals surface area contributed by atoms with Crippen molar-refractivity contribution in [2.24, 2.45) is 5.92 Å². The van der Waals surface area contributed by atoms with Crippen LogP contribution in [0.4, 0.5) is 0 Å². The number of carbonyl (C=O) groups excluding carboxylic acids is 2. The molecule has 4 rings (SSSR count). The van der Waals surface area contributed by atoms with Crippen molar-refractivity contribution in [2.75, 3.05) is 20.1 Å². The summed E-state index contributed by atoms with van der Waals surface area (Å²) in [4.78, 5) is 28.1. The Balaban J connectivity index is 1.28. The van der Waals surface area contributed by atoms with E-state index in [0.717, 1.165) is 30.7 Å². The van der Waals surface area contributed by atoms with E-state index in [0.29, 0.717) is 25.4 Å². The van der Waals surface area contributed by atoms with Crippen LogP contribution in [0.2, 0.25) is 0 Å². The van der Waals surface area contributed by atoms with E-state index >= 15 is 0 Å². The van der Waals surface area contributed by atoms with Gasteiger partial charge in [0, 0.05) is 32.0 Å². The number of hydrogen-bond donors (Lipinski definition) is 0. The monoisotopic (exact) mass is 367 g/mol. The highest BCUT2D eigenvalue weighted by molar-refractivity contribution is 5.86. The van der Waals surface area contributed by atoms with Gasteiger partial charge in [-0.05, 0) is 30.7 Å². The van der Waals surface area contributed by atoms with E-state index in [2.05, 4.69) is 17.3 Å². The Morgan fingerprint density at radius 1 is 1.30 bits per heavy atom. The molecule has 1 atom stereocenters. The van der Waals surface area contributed by atoms with Crippen molar-refractivity contribution < 1.29 is 14.1 Å². The molecule has 6 nitrogen and oxygen atoms in total. The first kappa shape index (κ1) is 17.8. The molecule has 0 bridgehead atoms. The Kier molecular flexibility index (Phi) is 4.97. The van der Waals surface area contributed by atoms with Crippen molar-refractivity contribution >= 4 is 11.8 Å². The molecule has 1 aliphatic carbocycles. The second-order valence-corrected chi connectivity index (χ2v) is 7.78. The Morgan fingerprint density at radius 3 is 2.81 bits per heavy atom. The van der Waals surface area contributed by atoms with Crippen molar-refractivity contribution in [3.8, 4) is 0 Å². The Morgan fingerprint density at radius 2 is 2.07 bits per heavy atom. The third kappa shape index (κ3) is 4.38. The van der Waals surface area contributed by atoms with Gasteiger partial charge >= 0.3 is 0 Å². The summed E-state index contributed by atoms with van der Waals surface area (Å²) in [5.41, 5.74) is 2.00. The van der Waals surface area contributed by atoms with E-state index in [1.54, 1.807) is 16.8 Å². The number of hydrogen-bond acceptors (Lipinski definition) is 4. The summed E-state index contributed by atoms with van der Waals surface area (Å²) in [6.45, 7) is 1.18. The van der Waals surface area contributed by atoms with Gasteiger partial charge in [-0.2, -0.15) is 0 Å². The van der Waals surface area contributed by atoms with Crippen LogP contribution < -0.4 is 0 Å². The van der Waals surface area contributed by atoms with Crippen molar-refractivity contribution in [3.05, 3.63) is 53.4 Å². The van der Waals surface area contributed by atoms with Gasteiger partial charge in [0.05, 0.1) is 13.1 Å². The molecule has 2 aromatic rings. The van der Waals surface area contributed by atoms with E-state index in [9.17, 15) is 9.59 Å². The minimum Gasteiger partial charge on any atom is -0.361 e. The zero-order valence-corrected chi connectivity index (χ0v) is 15.6. The number of benzene rings is 1. The molecular weight excluding hydrogens is 342 g/mol. The summed E-state index contributed by atoms with van der Waals surface area (Å²) in [5, 5.41) is 4.06. The highest BCUT2D eigenvalue weighted by Crippen LogP contribution is 2.40. The predicted molar refractivity (Wildman–Crippen MR) is 99.8 cm³/mol. The summed E-state index contributed by atoms with van der Waals surface area (Å²) in [6, 6.07) is 12.1. The molecule has 2 fully saturated rings. The molecule has 0 N–H and O–H groups in total. The SMILES string of the molecule is CN(Cc1cc(C2CC2)on1)C(=O)CN1C[C@H](Cc2ccccc2)CC1=O. The van der Waals surface area contributed by atoms with E-state index < -0.39 is 0 Å². The molecule has 6 heteroatoms. The number of nitrogens with zero attached hydrogens (tertiary/aromatic N) is 3. The summed E-state index contributed by atoms with van der Waals surface area (Å²) < 4.78 is 5.34. The molecule has 142 valence electrons. The van der Waals surface area contributed by atoms with E-state index in [4.69, 9.17) is 4.52 Å². The number of rotatable bonds is 7. The molecule has 0 spiro atoms. The number of likely N-dealkylation sites (N-methyl/N-ethyl adjacent to an activating group) is 1. The molecule has 0 radical (unpaired) electrons. The van der Waals surface area contributed by atoms with Crippen LogP contribution in [0.1, 0.15) is 42.2 Å². The first-order chi connectivity index (χ1) is 13.1. The second-order valence-electron chi connectivity index (χ2n) is 7.78. The minimum absolute atomic E-state index is 0.0649. The zero-order chi connectivity index (χ0) is 18.8. The topological polar surface area (TPSA) is 66.7 Å². The average Bonchev–Trinajstić information content (AvgIpc) is 3.31. The molecule has 27 heavy (non-hydrogen) atoms. The largest absolute Gasteiger partial charge is 0.361 e. The quantitative estimate of drug-likeness (QED) is 0.754. The maximum Gasteiger partial charge on any atom is 0.242 e. The summed E-state index contributed by atoms with van der Waals surface area (Å²) >= 11 is 0. The summed E-state index contributed by atoms with van der Waals surface area (Å²) in [7, 11) is 1.75. The van der Waals surface area contributed by atoms with Gasteiger partial charge in [-0.25, -0.2) is 0 Å². The van der Waals surface area contributed by atoms with Crippen LogP contribution >= 0.6 is 0 Å². The summed E-state index contributed by atoms with van der Waals surface area (Å²) in [5.74, 6) is 1.70. The number of aromatic nitrogens is 1. The highest BCUT2D eigenvalue weighted by atomic mass is 16.5. The van der Waals surface area contributed by atoms with Gasteiger partial charge in [-0.15, -0.1) is 0 Å². The highest BCUT2D eigenvalue weighted by Gasteiger charge is 2.32. The normalized spacial score (nSPS) is 19.5. The van der Waals surface area contributed by atoms with Crippen LogP contribution in [-0.2, 0) is 22.6 Å². The lowest BCUT2D eigenvalue weighted by Gasteiger charge is -2.21. The van der Waals surface area contributed by atoms with E-state index in [1.165, 1.54) is 5.56 Å². The molecule has 2 aliphatic rings. The van der Waals surface area contributed by atoms with Gasteiger partial charge in [0.15, 0.2) is 0 Å². The lowest BCUT2D eigenvalue weighted by molar-refractivity contribution is -0.137. The van der Waals surface area contributed by atoms with Gasteiger partial charge in [0.2, 0.25) is 11.8 Å². The van der Waals surface area contributed by atoms with Crippen LogP contribution in [0.25, 0.3) is 0 Å². The first-order valence-electron chi connectivity index (χ1n) is 9.59. The molecular formula is C21H25N3O3. The maximum absolute atomic E-state index is 12.5. The zero-order valence-electron chi connectivity index (χ0n) is 15.6. The first-order valence-corrected chi connectivity index (χ1v) is 9.59. The number of amides is 2. The Labute approximate surface area is 159 Å². The van der Waals surface area contributed by atoms with Gasteiger partial charge in [-0.3, -0.25) is 9.59 Å². The number of carbonyl (C=O) groups is 2. The fraction of sp³-hybridized carbons (Fsp3) is 0.476. The van der Waals surface area contributed by atoms with Gasteiger partial charge in [0.25, 0.3) is 0 Å². The standard InChI is InChI=1S/C21H25N3O3/c1-23(13-18-11-19(27-22-18)17-7-8-17)21(26)14-24-12-16(10-20(24)25)9-15-5-3-2-4-6-15/h2-6,11,16-17H,7-10,12-14H2,1H3/t16-/m1/s1. The predicted octanol–water partition coefficient (Wildman–Crippen LogP) is 2.60. The minimum atomic E-state index is -0.0697. The molecule has 1 aromatic heterocycles. The smallest absolute Gasteiger partial charge is 0.242 e. The average molecular weight is 367 g/mol. The molecule has 1 saturated carbocycles. The van der Waals surface area contributed by atoms with Crippen molar-refractivity contribution in [2.45, 2.75) is 38.1 Å². The summed E-state index contributed by atoms with van der Waals surface area (Å²) in [6.07, 6.45) is 3.70. The van der Waals surface area contributed by atoms with Crippen LogP contribution in [0, 0.1) is 5.92 Å². The van der Waals surface area contributed by atoms with Crippen molar-refractivity contribution in [3.63, 3.8) is 0 Å². The van der Waals surface area contributed by atoms with Gasteiger partial charge < -0.3 is 14.3 Å². The van der Waals surface area contributed by atoms with Gasteiger partial charge in [0.1, 0.15) is 11.5 Å². The molecule has 2 heterocycles. The van der Waals surface area contributed by atoms with Crippen molar-refractivity contribution in [1.29, 1.82) is 0 Å². The molecule has 1 aromatic carbocycles. The Bertz CT molecular complexity index is 813. The van der Waals surface area contributed by atoms with Crippen LogP contribution in [0.5, 0.6) is 0 Å². The lowest BCUT2D eigenvalue weighted by atomic mass is 9.99. The molecule has 0 unspecified atom stereocenters. The third-order valence-electron chi connectivity index (χ3n) is 5.37. The lowest BCUT2D eigenvalue weighted by Crippen LogP contribution is -2.39. The third-order valence-corrected chi connectivity index (χ3v) is 5.37. The number of likely N-dealkylation sites (tertiary alicyclic amines) is 1. The molecule has 2 amide bonds. The fourth-order valence-corrected chi connectivity index (χ4v) is 3.67. The molecule has 1 aliphatic heterocycles. The van der Waals surface area contributed by atoms with Crippen molar-refractivity contribution in [1.82, 2.24) is 15.0 Å². The molecule has 1 saturated heterocycles. The second kappa shape index (κ2) is 7.55. The maximum atomic E-state index is 12.5. The van der Waals surface area contributed by atoms with Gasteiger partial charge in [-0.1, -0.05) is 35.5 Å². The fourth-order valence-electron chi connectivity index (χ4n) is 3.67. The van der Waals surface area contributed by atoms with Crippen LogP contribution in [0.15, 0.2) is 40.9 Å². The van der Waals surface area contributed by atoms with Crippen LogP contribution in [0.3, 0.4) is 0 Å². The van der Waals surface area contributed by atoms with Crippen LogP contribution in [-0.4, -0.2) is 46.9 Å². The van der Waals surface area contributed by atoms with E-state index in [-0.39, 0.29) is 24.3 Å².